The van der Waals surface area contributed by atoms with E-state index in [9.17, 15) is 14.0 Å². The first-order valence-corrected chi connectivity index (χ1v) is 12.4. The Hall–Kier alpha value is -3.75. The molecule has 0 bridgehead atoms. The van der Waals surface area contributed by atoms with Crippen molar-refractivity contribution >= 4 is 35.0 Å². The van der Waals surface area contributed by atoms with Gasteiger partial charge in [-0.15, -0.1) is 0 Å². The maximum atomic E-state index is 13.7. The summed E-state index contributed by atoms with van der Waals surface area (Å²) in [7, 11) is 0. The molecular formula is C27H20ClFN2O4S. The quantitative estimate of drug-likeness (QED) is 0.351. The van der Waals surface area contributed by atoms with Crippen molar-refractivity contribution in [2.45, 2.75) is 19.9 Å². The molecule has 36 heavy (non-hydrogen) atoms. The Kier molecular flexibility index (Phi) is 6.47. The Balaban J connectivity index is 1.64. The number of hydrogen-bond donors (Lipinski definition) is 0. The molecule has 0 spiro atoms. The van der Waals surface area contributed by atoms with E-state index in [1.54, 1.807) is 56.3 Å². The lowest BCUT2D eigenvalue weighted by molar-refractivity contribution is -0.139. The zero-order valence-corrected chi connectivity index (χ0v) is 20.9. The van der Waals surface area contributed by atoms with E-state index in [0.717, 1.165) is 5.56 Å². The number of rotatable bonds is 5. The molecule has 1 aliphatic heterocycles. The first kappa shape index (κ1) is 24.0. The third-order valence-electron chi connectivity index (χ3n) is 5.71. The number of esters is 1. The molecule has 0 fully saturated rings. The Morgan fingerprint density at radius 3 is 2.72 bits per heavy atom. The predicted molar refractivity (Wildman–Crippen MR) is 136 cm³/mol. The standard InChI is InChI=1S/C27H20ClFN2O4S/c1-3-34-26(33)23-15(2)30-27-31(24(23)16-7-9-19(29)10-8-16)25(32)22(36-27)14-20-11-12-21(35-20)17-5-4-6-18(28)13-17/h4-14,24H,3H2,1-2H3/b22-14-/t24-/m1/s1. The van der Waals surface area contributed by atoms with Crippen LogP contribution in [0.3, 0.4) is 0 Å². The molecule has 0 saturated heterocycles. The number of carbonyl (C=O) groups is 1. The fraction of sp³-hybridized carbons (Fsp3) is 0.148. The topological polar surface area (TPSA) is 73.8 Å². The number of fused-ring (bicyclic) bond motifs is 1. The second-order valence-electron chi connectivity index (χ2n) is 8.07. The fourth-order valence-electron chi connectivity index (χ4n) is 4.11. The van der Waals surface area contributed by atoms with Crippen molar-refractivity contribution in [3.05, 3.63) is 114 Å². The summed E-state index contributed by atoms with van der Waals surface area (Å²) in [6, 6.07) is 15.7. The van der Waals surface area contributed by atoms with E-state index in [1.807, 2.05) is 12.1 Å². The van der Waals surface area contributed by atoms with Gasteiger partial charge < -0.3 is 9.15 Å². The van der Waals surface area contributed by atoms with Crippen molar-refractivity contribution in [1.29, 1.82) is 0 Å². The third-order valence-corrected chi connectivity index (χ3v) is 6.93. The molecule has 0 unspecified atom stereocenters. The van der Waals surface area contributed by atoms with Crippen molar-refractivity contribution in [1.82, 2.24) is 4.57 Å². The van der Waals surface area contributed by atoms with Crippen molar-refractivity contribution in [2.24, 2.45) is 4.99 Å². The first-order chi connectivity index (χ1) is 17.4. The summed E-state index contributed by atoms with van der Waals surface area (Å²) in [5.41, 5.74) is 1.72. The van der Waals surface area contributed by atoms with E-state index < -0.39 is 17.8 Å². The molecule has 4 aromatic rings. The van der Waals surface area contributed by atoms with Gasteiger partial charge in [-0.1, -0.05) is 47.2 Å². The summed E-state index contributed by atoms with van der Waals surface area (Å²) in [5.74, 6) is 0.105. The second kappa shape index (κ2) is 9.72. The number of benzene rings is 2. The highest BCUT2D eigenvalue weighted by atomic mass is 35.5. The van der Waals surface area contributed by atoms with Gasteiger partial charge in [0.15, 0.2) is 4.80 Å². The third kappa shape index (κ3) is 4.45. The van der Waals surface area contributed by atoms with Crippen molar-refractivity contribution in [3.8, 4) is 11.3 Å². The summed E-state index contributed by atoms with van der Waals surface area (Å²) in [6.45, 7) is 3.57. The Labute approximate surface area is 214 Å². The molecule has 3 heterocycles. The molecule has 2 aromatic heterocycles. The van der Waals surface area contributed by atoms with Crippen LogP contribution in [0.25, 0.3) is 17.4 Å². The molecule has 0 N–H and O–H groups in total. The molecule has 0 radical (unpaired) electrons. The smallest absolute Gasteiger partial charge is 0.338 e. The van der Waals surface area contributed by atoms with Crippen molar-refractivity contribution in [2.75, 3.05) is 6.61 Å². The van der Waals surface area contributed by atoms with E-state index in [2.05, 4.69) is 4.99 Å². The molecule has 1 atom stereocenters. The molecule has 5 rings (SSSR count). The molecule has 1 aliphatic rings. The van der Waals surface area contributed by atoms with Gasteiger partial charge in [0.1, 0.15) is 17.3 Å². The fourth-order valence-corrected chi connectivity index (χ4v) is 5.33. The van der Waals surface area contributed by atoms with Crippen LogP contribution in [-0.2, 0) is 9.53 Å². The number of carbonyl (C=O) groups excluding carboxylic acids is 1. The minimum Gasteiger partial charge on any atom is -0.463 e. The minimum absolute atomic E-state index is 0.170. The van der Waals surface area contributed by atoms with Gasteiger partial charge in [0, 0.05) is 16.7 Å². The first-order valence-electron chi connectivity index (χ1n) is 11.2. The average molecular weight is 523 g/mol. The highest BCUT2D eigenvalue weighted by molar-refractivity contribution is 7.07. The van der Waals surface area contributed by atoms with Crippen LogP contribution in [0.4, 0.5) is 4.39 Å². The molecule has 182 valence electrons. The summed E-state index contributed by atoms with van der Waals surface area (Å²) >= 11 is 7.27. The lowest BCUT2D eigenvalue weighted by Gasteiger charge is -2.24. The van der Waals surface area contributed by atoms with Gasteiger partial charge in [-0.2, -0.15) is 0 Å². The summed E-state index contributed by atoms with van der Waals surface area (Å²) in [6.07, 6.45) is 1.64. The van der Waals surface area contributed by atoms with E-state index >= 15 is 0 Å². The number of hydrogen-bond acceptors (Lipinski definition) is 6. The molecule has 0 aliphatic carbocycles. The monoisotopic (exact) mass is 522 g/mol. The van der Waals surface area contributed by atoms with E-state index in [-0.39, 0.29) is 17.7 Å². The zero-order valence-electron chi connectivity index (χ0n) is 19.3. The van der Waals surface area contributed by atoms with Gasteiger partial charge in [0.25, 0.3) is 5.56 Å². The highest BCUT2D eigenvalue weighted by Gasteiger charge is 2.33. The van der Waals surface area contributed by atoms with Gasteiger partial charge in [0.2, 0.25) is 0 Å². The number of nitrogens with zero attached hydrogens (tertiary/aromatic N) is 2. The maximum absolute atomic E-state index is 13.7. The number of aromatic nitrogens is 1. The van der Waals surface area contributed by atoms with Crippen LogP contribution in [0.15, 0.2) is 86.1 Å². The maximum Gasteiger partial charge on any atom is 0.338 e. The zero-order chi connectivity index (χ0) is 25.4. The molecule has 0 saturated carbocycles. The van der Waals surface area contributed by atoms with E-state index in [4.69, 9.17) is 20.8 Å². The SMILES string of the molecule is CCOC(=O)C1=C(C)N=c2s/c(=C\c3ccc(-c4cccc(Cl)c4)o3)c(=O)n2[C@@H]1c1ccc(F)cc1. The van der Waals surface area contributed by atoms with Crippen LogP contribution < -0.4 is 14.9 Å². The van der Waals surface area contributed by atoms with Gasteiger partial charge in [-0.05, 0) is 55.8 Å². The average Bonchev–Trinajstić information content (AvgIpc) is 3.43. The molecule has 6 nitrogen and oxygen atoms in total. The lowest BCUT2D eigenvalue weighted by Crippen LogP contribution is -2.39. The Morgan fingerprint density at radius 2 is 2.00 bits per heavy atom. The molecular weight excluding hydrogens is 503 g/mol. The highest BCUT2D eigenvalue weighted by Crippen LogP contribution is 2.31. The predicted octanol–water partition coefficient (Wildman–Crippen LogP) is 4.85. The van der Waals surface area contributed by atoms with Crippen molar-refractivity contribution in [3.63, 3.8) is 0 Å². The normalized spacial score (nSPS) is 15.6. The number of thiazole rings is 1. The molecule has 9 heteroatoms. The van der Waals surface area contributed by atoms with Gasteiger partial charge in [-0.25, -0.2) is 14.2 Å². The van der Waals surface area contributed by atoms with Gasteiger partial charge in [0.05, 0.1) is 28.5 Å². The van der Waals surface area contributed by atoms with Crippen LogP contribution in [0, 0.1) is 5.82 Å². The summed E-state index contributed by atoms with van der Waals surface area (Å²) in [5, 5.41) is 0.590. The van der Waals surface area contributed by atoms with Crippen LogP contribution in [0.2, 0.25) is 5.02 Å². The van der Waals surface area contributed by atoms with Gasteiger partial charge in [-0.3, -0.25) is 9.36 Å². The van der Waals surface area contributed by atoms with Crippen LogP contribution in [0.5, 0.6) is 0 Å². The molecule has 2 aromatic carbocycles. The van der Waals surface area contributed by atoms with Crippen LogP contribution >= 0.6 is 22.9 Å². The number of allylic oxidation sites excluding steroid dienone is 1. The Bertz CT molecular complexity index is 1680. The molecule has 0 amide bonds. The largest absolute Gasteiger partial charge is 0.463 e. The van der Waals surface area contributed by atoms with Crippen LogP contribution in [-0.4, -0.2) is 17.1 Å². The van der Waals surface area contributed by atoms with Crippen molar-refractivity contribution < 1.29 is 18.3 Å². The Morgan fingerprint density at radius 1 is 1.22 bits per heavy atom. The number of ether oxygens (including phenoxy) is 1. The summed E-state index contributed by atoms with van der Waals surface area (Å²) < 4.78 is 26.7. The summed E-state index contributed by atoms with van der Waals surface area (Å²) in [4.78, 5) is 31.4. The lowest BCUT2D eigenvalue weighted by atomic mass is 9.96. The minimum atomic E-state index is -0.804. The number of furan rings is 1. The second-order valence-corrected chi connectivity index (χ2v) is 9.51. The van der Waals surface area contributed by atoms with Gasteiger partial charge >= 0.3 is 5.97 Å². The van der Waals surface area contributed by atoms with E-state index in [1.165, 1.54) is 28.0 Å². The van der Waals surface area contributed by atoms with E-state index in [0.29, 0.717) is 37.1 Å². The number of halogens is 2. The van der Waals surface area contributed by atoms with Crippen LogP contribution in [0.1, 0.15) is 31.2 Å².